The number of hydrogen-bond acceptors (Lipinski definition) is 4. The molecule has 2 heterocycles. The number of urea groups is 1. The van der Waals surface area contributed by atoms with Gasteiger partial charge < -0.3 is 10.1 Å². The Kier molecular flexibility index (Phi) is 7.22. The number of likely N-dealkylation sites (tertiary alicyclic amines) is 1. The molecule has 0 radical (unpaired) electrons. The maximum Gasteiger partial charge on any atom is 0.325 e. The first-order chi connectivity index (χ1) is 16.3. The van der Waals surface area contributed by atoms with Crippen molar-refractivity contribution < 1.29 is 18.7 Å². The van der Waals surface area contributed by atoms with E-state index in [-0.39, 0.29) is 29.6 Å². The first-order valence-corrected chi connectivity index (χ1v) is 12.0. The Bertz CT molecular complexity index is 1020. The molecule has 2 aromatic carbocycles. The number of piperidine rings is 1. The van der Waals surface area contributed by atoms with Gasteiger partial charge in [0.05, 0.1) is 7.11 Å². The largest absolute Gasteiger partial charge is 0.497 e. The van der Waals surface area contributed by atoms with E-state index in [0.717, 1.165) is 43.8 Å². The number of halogens is 1. The number of carbonyl (C=O) groups excluding carboxylic acids is 2. The molecule has 7 heteroatoms. The molecule has 0 bridgehead atoms. The van der Waals surface area contributed by atoms with Crippen molar-refractivity contribution in [2.45, 2.75) is 45.2 Å². The second kappa shape index (κ2) is 10.1. The average molecular weight is 468 g/mol. The van der Waals surface area contributed by atoms with Crippen molar-refractivity contribution in [3.63, 3.8) is 0 Å². The minimum Gasteiger partial charge on any atom is -0.497 e. The van der Waals surface area contributed by atoms with Crippen LogP contribution >= 0.6 is 0 Å². The topological polar surface area (TPSA) is 61.9 Å². The van der Waals surface area contributed by atoms with E-state index in [1.54, 1.807) is 13.2 Å². The van der Waals surface area contributed by atoms with Gasteiger partial charge in [0.1, 0.15) is 17.1 Å². The van der Waals surface area contributed by atoms with Gasteiger partial charge in [-0.25, -0.2) is 9.18 Å². The molecule has 2 saturated heterocycles. The first kappa shape index (κ1) is 24.2. The van der Waals surface area contributed by atoms with Crippen molar-refractivity contribution >= 4 is 11.9 Å². The van der Waals surface area contributed by atoms with Gasteiger partial charge in [-0.05, 0) is 73.2 Å². The van der Waals surface area contributed by atoms with Crippen LogP contribution in [0.5, 0.6) is 5.75 Å². The number of nitrogens with one attached hydrogen (secondary N) is 1. The van der Waals surface area contributed by atoms with E-state index in [9.17, 15) is 14.0 Å². The number of benzene rings is 2. The summed E-state index contributed by atoms with van der Waals surface area (Å²) in [6.45, 7) is 6.85. The number of carbonyl (C=O) groups is 2. The predicted octanol–water partition coefficient (Wildman–Crippen LogP) is 4.24. The van der Waals surface area contributed by atoms with E-state index < -0.39 is 5.54 Å². The molecule has 4 rings (SSSR count). The van der Waals surface area contributed by atoms with Crippen LogP contribution < -0.4 is 10.1 Å². The third-order valence-electron chi connectivity index (χ3n) is 6.97. The molecule has 3 amide bonds. The van der Waals surface area contributed by atoms with Crippen LogP contribution in [0.3, 0.4) is 0 Å². The normalized spacial score (nSPS) is 21.9. The second-order valence-electron chi connectivity index (χ2n) is 9.92. The van der Waals surface area contributed by atoms with Gasteiger partial charge >= 0.3 is 6.03 Å². The lowest BCUT2D eigenvalue weighted by atomic mass is 9.73. The summed E-state index contributed by atoms with van der Waals surface area (Å²) < 4.78 is 19.2. The Morgan fingerprint density at radius 1 is 1.09 bits per heavy atom. The van der Waals surface area contributed by atoms with Crippen LogP contribution in [0.15, 0.2) is 48.5 Å². The molecule has 2 aromatic rings. The fraction of sp³-hybridized carbons (Fsp3) is 0.481. The highest BCUT2D eigenvalue weighted by molar-refractivity contribution is 6.07. The van der Waals surface area contributed by atoms with Crippen LogP contribution in [0.2, 0.25) is 0 Å². The third kappa shape index (κ3) is 5.09. The zero-order valence-electron chi connectivity index (χ0n) is 20.2. The van der Waals surface area contributed by atoms with Gasteiger partial charge in [0.15, 0.2) is 0 Å². The van der Waals surface area contributed by atoms with E-state index in [1.165, 1.54) is 22.6 Å². The highest BCUT2D eigenvalue weighted by atomic mass is 19.1. The number of imide groups is 1. The standard InChI is InChI=1S/C27H34FN3O3/c1-19(2)17-31-25(32)27(29-26(31)33,16-21-5-4-6-23(28)15-21)22-11-13-30(14-12-22)18-20-7-9-24(34-3)10-8-20/h4-10,15,19,22H,11-14,16-18H2,1-3H3,(H,29,33). The minimum atomic E-state index is -1.04. The Hall–Kier alpha value is -2.93. The monoisotopic (exact) mass is 467 g/mol. The molecule has 6 nitrogen and oxygen atoms in total. The molecular formula is C27H34FN3O3. The summed E-state index contributed by atoms with van der Waals surface area (Å²) in [5.74, 6) is 0.479. The molecule has 0 saturated carbocycles. The Morgan fingerprint density at radius 3 is 2.41 bits per heavy atom. The molecule has 34 heavy (non-hydrogen) atoms. The number of hydrogen-bond donors (Lipinski definition) is 1. The SMILES string of the molecule is COc1ccc(CN2CCC(C3(Cc4cccc(F)c4)NC(=O)N(CC(C)C)C3=O)CC2)cc1. The molecule has 1 N–H and O–H groups in total. The van der Waals surface area contributed by atoms with Crippen LogP contribution in [0.1, 0.15) is 37.8 Å². The Labute approximate surface area is 201 Å². The zero-order valence-corrected chi connectivity index (χ0v) is 20.2. The summed E-state index contributed by atoms with van der Waals surface area (Å²) >= 11 is 0. The Balaban J connectivity index is 1.52. The fourth-order valence-corrected chi connectivity index (χ4v) is 5.26. The highest BCUT2D eigenvalue weighted by Crippen LogP contribution is 2.37. The van der Waals surface area contributed by atoms with Gasteiger partial charge in [-0.1, -0.05) is 38.1 Å². The van der Waals surface area contributed by atoms with Crippen molar-refractivity contribution in [1.29, 1.82) is 0 Å². The van der Waals surface area contributed by atoms with E-state index in [4.69, 9.17) is 4.74 Å². The number of nitrogens with zero attached hydrogens (tertiary/aromatic N) is 2. The van der Waals surface area contributed by atoms with E-state index in [1.807, 2.05) is 32.0 Å². The average Bonchev–Trinajstić information content (AvgIpc) is 3.04. The van der Waals surface area contributed by atoms with Crippen LogP contribution in [-0.4, -0.2) is 54.0 Å². The summed E-state index contributed by atoms with van der Waals surface area (Å²) in [7, 11) is 1.66. The van der Waals surface area contributed by atoms with Crippen LogP contribution in [-0.2, 0) is 17.8 Å². The number of amides is 3. The molecule has 0 aromatic heterocycles. The van der Waals surface area contributed by atoms with Gasteiger partial charge in [0.25, 0.3) is 5.91 Å². The van der Waals surface area contributed by atoms with Crippen LogP contribution in [0.4, 0.5) is 9.18 Å². The number of rotatable bonds is 8. The van der Waals surface area contributed by atoms with Gasteiger partial charge in [-0.3, -0.25) is 14.6 Å². The summed E-state index contributed by atoms with van der Waals surface area (Å²) in [6, 6.07) is 14.1. The molecule has 0 aliphatic carbocycles. The number of ether oxygens (including phenoxy) is 1. The van der Waals surface area contributed by atoms with Gasteiger partial charge in [-0.15, -0.1) is 0 Å². The van der Waals surface area contributed by atoms with Crippen molar-refractivity contribution in [3.05, 3.63) is 65.5 Å². The summed E-state index contributed by atoms with van der Waals surface area (Å²) in [6.07, 6.45) is 1.87. The summed E-state index contributed by atoms with van der Waals surface area (Å²) in [5.41, 5.74) is 0.897. The smallest absolute Gasteiger partial charge is 0.325 e. The third-order valence-corrected chi connectivity index (χ3v) is 6.97. The lowest BCUT2D eigenvalue weighted by molar-refractivity contribution is -0.134. The van der Waals surface area contributed by atoms with E-state index in [0.29, 0.717) is 13.0 Å². The van der Waals surface area contributed by atoms with Gasteiger partial charge in [0, 0.05) is 19.5 Å². The maximum absolute atomic E-state index is 13.9. The van der Waals surface area contributed by atoms with Crippen LogP contribution in [0.25, 0.3) is 0 Å². The molecule has 182 valence electrons. The molecule has 0 spiro atoms. The van der Waals surface area contributed by atoms with Gasteiger partial charge in [-0.2, -0.15) is 0 Å². The second-order valence-corrected chi connectivity index (χ2v) is 9.92. The first-order valence-electron chi connectivity index (χ1n) is 12.0. The molecular weight excluding hydrogens is 433 g/mol. The van der Waals surface area contributed by atoms with Crippen LogP contribution in [0, 0.1) is 17.7 Å². The van der Waals surface area contributed by atoms with Crippen molar-refractivity contribution in [1.82, 2.24) is 15.1 Å². The maximum atomic E-state index is 13.9. The van der Waals surface area contributed by atoms with Crippen molar-refractivity contribution in [2.24, 2.45) is 11.8 Å². The van der Waals surface area contributed by atoms with E-state index >= 15 is 0 Å². The van der Waals surface area contributed by atoms with Crippen molar-refractivity contribution in [2.75, 3.05) is 26.7 Å². The fourth-order valence-electron chi connectivity index (χ4n) is 5.26. The Morgan fingerprint density at radius 2 is 1.79 bits per heavy atom. The molecule has 1 atom stereocenters. The lowest BCUT2D eigenvalue weighted by Gasteiger charge is -2.41. The minimum absolute atomic E-state index is 0.0171. The lowest BCUT2D eigenvalue weighted by Crippen LogP contribution is -2.57. The van der Waals surface area contributed by atoms with Crippen molar-refractivity contribution in [3.8, 4) is 5.75 Å². The zero-order chi connectivity index (χ0) is 24.3. The number of methoxy groups -OCH3 is 1. The highest BCUT2D eigenvalue weighted by Gasteiger charge is 2.55. The quantitative estimate of drug-likeness (QED) is 0.590. The molecule has 2 aliphatic heterocycles. The summed E-state index contributed by atoms with van der Waals surface area (Å²) in [4.78, 5) is 30.3. The van der Waals surface area contributed by atoms with E-state index in [2.05, 4.69) is 22.3 Å². The summed E-state index contributed by atoms with van der Waals surface area (Å²) in [5, 5.41) is 3.07. The molecule has 1 unspecified atom stereocenters. The molecule has 2 aliphatic rings. The molecule has 2 fully saturated rings. The van der Waals surface area contributed by atoms with Gasteiger partial charge in [0.2, 0.25) is 0 Å². The predicted molar refractivity (Wildman–Crippen MR) is 129 cm³/mol.